The van der Waals surface area contributed by atoms with E-state index in [1.54, 1.807) is 11.3 Å². The first-order valence-corrected chi connectivity index (χ1v) is 10.5. The van der Waals surface area contributed by atoms with Crippen molar-refractivity contribution >= 4 is 17.2 Å². The van der Waals surface area contributed by atoms with Gasteiger partial charge < -0.3 is 15.2 Å². The van der Waals surface area contributed by atoms with Crippen LogP contribution in [0.15, 0.2) is 22.0 Å². The molecule has 7 nitrogen and oxygen atoms in total. The molecule has 0 spiro atoms. The average Bonchev–Trinajstić information content (AvgIpc) is 3.32. The monoisotopic (exact) mass is 391 g/mol. The quantitative estimate of drug-likeness (QED) is 0.742. The molecule has 27 heavy (non-hydrogen) atoms. The maximum absolute atomic E-state index is 12.4. The molecule has 0 unspecified atom stereocenters. The summed E-state index contributed by atoms with van der Waals surface area (Å²) in [5.41, 5.74) is 6.04. The second kappa shape index (κ2) is 9.43. The third-order valence-corrected chi connectivity index (χ3v) is 5.67. The highest BCUT2D eigenvalue weighted by Gasteiger charge is 2.25. The minimum atomic E-state index is -0.369. The van der Waals surface area contributed by atoms with Crippen molar-refractivity contribution in [3.63, 3.8) is 0 Å². The van der Waals surface area contributed by atoms with Crippen LogP contribution in [-0.2, 0) is 11.2 Å². The van der Waals surface area contributed by atoms with Crippen molar-refractivity contribution in [2.75, 3.05) is 32.7 Å². The molecule has 0 aromatic carbocycles. The Morgan fingerprint density at radius 3 is 2.78 bits per heavy atom. The van der Waals surface area contributed by atoms with Gasteiger partial charge in [0.05, 0.1) is 10.9 Å². The number of nitrogens with two attached hydrogens (primary N) is 1. The summed E-state index contributed by atoms with van der Waals surface area (Å²) >= 11 is 1.61. The smallest absolute Gasteiger partial charge is 0.239 e. The van der Waals surface area contributed by atoms with Gasteiger partial charge >= 0.3 is 0 Å². The molecular weight excluding hydrogens is 362 g/mol. The molecule has 1 aliphatic heterocycles. The second-order valence-electron chi connectivity index (χ2n) is 7.50. The van der Waals surface area contributed by atoms with Crippen LogP contribution in [0.5, 0.6) is 0 Å². The van der Waals surface area contributed by atoms with Crippen molar-refractivity contribution in [2.24, 2.45) is 11.7 Å². The van der Waals surface area contributed by atoms with Gasteiger partial charge in [-0.05, 0) is 36.8 Å². The van der Waals surface area contributed by atoms with E-state index in [0.29, 0.717) is 17.6 Å². The van der Waals surface area contributed by atoms with Gasteiger partial charge in [-0.3, -0.25) is 9.69 Å². The SMILES string of the molecule is CC(C)C[C@H](N)C(=O)N1CCN(CCCc2nc(-c3cccs3)no2)CC1. The Kier molecular flexibility index (Phi) is 6.98. The maximum Gasteiger partial charge on any atom is 0.239 e. The molecule has 3 rings (SSSR count). The number of nitrogens with zero attached hydrogens (tertiary/aromatic N) is 4. The molecule has 2 aromatic heterocycles. The van der Waals surface area contributed by atoms with Crippen molar-refractivity contribution in [3.8, 4) is 10.7 Å². The van der Waals surface area contributed by atoms with Gasteiger partial charge in [-0.2, -0.15) is 4.98 Å². The summed E-state index contributed by atoms with van der Waals surface area (Å²) in [6.45, 7) is 8.46. The highest BCUT2D eigenvalue weighted by atomic mass is 32.1. The standard InChI is InChI=1S/C19H29N5O2S/c1-14(2)13-15(20)19(25)24-10-8-23(9-11-24)7-3-6-17-21-18(22-26-17)16-5-4-12-27-16/h4-5,12,14-15H,3,6-11,13,20H2,1-2H3/t15-/m0/s1. The van der Waals surface area contributed by atoms with Crippen molar-refractivity contribution in [1.29, 1.82) is 0 Å². The lowest BCUT2D eigenvalue weighted by Crippen LogP contribution is -2.53. The van der Waals surface area contributed by atoms with Crippen LogP contribution in [0.2, 0.25) is 0 Å². The van der Waals surface area contributed by atoms with Crippen LogP contribution in [0.4, 0.5) is 0 Å². The fourth-order valence-corrected chi connectivity index (χ4v) is 4.00. The highest BCUT2D eigenvalue weighted by Crippen LogP contribution is 2.21. The third-order valence-electron chi connectivity index (χ3n) is 4.80. The number of carbonyl (C=O) groups excluding carboxylic acids is 1. The molecule has 148 valence electrons. The number of piperazine rings is 1. The Labute approximate surface area is 164 Å². The van der Waals surface area contributed by atoms with E-state index in [0.717, 1.165) is 56.9 Å². The minimum absolute atomic E-state index is 0.0929. The lowest BCUT2D eigenvalue weighted by Gasteiger charge is -2.36. The summed E-state index contributed by atoms with van der Waals surface area (Å²) < 4.78 is 5.34. The Morgan fingerprint density at radius 1 is 1.33 bits per heavy atom. The zero-order valence-electron chi connectivity index (χ0n) is 16.1. The van der Waals surface area contributed by atoms with Crippen molar-refractivity contribution in [2.45, 2.75) is 39.2 Å². The van der Waals surface area contributed by atoms with Gasteiger partial charge in [0.2, 0.25) is 17.6 Å². The van der Waals surface area contributed by atoms with Crippen LogP contribution in [0, 0.1) is 5.92 Å². The summed E-state index contributed by atoms with van der Waals surface area (Å²) in [6, 6.07) is 3.61. The number of hydrogen-bond acceptors (Lipinski definition) is 7. The first kappa shape index (κ1) is 20.0. The van der Waals surface area contributed by atoms with Gasteiger partial charge in [-0.15, -0.1) is 11.3 Å². The summed E-state index contributed by atoms with van der Waals surface area (Å²) in [5, 5.41) is 6.05. The summed E-state index contributed by atoms with van der Waals surface area (Å²) in [7, 11) is 0. The van der Waals surface area contributed by atoms with Gasteiger partial charge in [-0.25, -0.2) is 0 Å². The molecule has 8 heteroatoms. The van der Waals surface area contributed by atoms with E-state index in [1.807, 2.05) is 22.4 Å². The molecule has 1 atom stereocenters. The molecule has 1 aliphatic rings. The predicted molar refractivity (Wildman–Crippen MR) is 106 cm³/mol. The Morgan fingerprint density at radius 2 is 2.11 bits per heavy atom. The average molecular weight is 392 g/mol. The lowest BCUT2D eigenvalue weighted by molar-refractivity contribution is -0.134. The molecule has 0 saturated carbocycles. The number of thiophene rings is 1. The molecular formula is C19H29N5O2S. The van der Waals surface area contributed by atoms with Crippen LogP contribution >= 0.6 is 11.3 Å². The summed E-state index contributed by atoms with van der Waals surface area (Å²) in [5.74, 6) is 1.89. The molecule has 0 aliphatic carbocycles. The zero-order chi connectivity index (χ0) is 19.2. The summed E-state index contributed by atoms with van der Waals surface area (Å²) in [4.78, 5) is 22.2. The normalized spacial score (nSPS) is 16.8. The van der Waals surface area contributed by atoms with E-state index < -0.39 is 0 Å². The fraction of sp³-hybridized carbons (Fsp3) is 0.632. The van der Waals surface area contributed by atoms with E-state index in [-0.39, 0.29) is 11.9 Å². The Bertz CT molecular complexity index is 708. The third kappa shape index (κ3) is 5.60. The van der Waals surface area contributed by atoms with Crippen LogP contribution in [0.25, 0.3) is 10.7 Å². The van der Waals surface area contributed by atoms with Crippen LogP contribution in [0.3, 0.4) is 0 Å². The number of amides is 1. The van der Waals surface area contributed by atoms with E-state index in [2.05, 4.69) is 28.9 Å². The largest absolute Gasteiger partial charge is 0.339 e. The van der Waals surface area contributed by atoms with Crippen LogP contribution in [-0.4, -0.2) is 64.6 Å². The van der Waals surface area contributed by atoms with Gasteiger partial charge in [0.25, 0.3) is 0 Å². The number of aryl methyl sites for hydroxylation is 1. The van der Waals surface area contributed by atoms with Gasteiger partial charge in [-0.1, -0.05) is 25.1 Å². The topological polar surface area (TPSA) is 88.5 Å². The van der Waals surface area contributed by atoms with E-state index in [9.17, 15) is 4.79 Å². The number of aromatic nitrogens is 2. The van der Waals surface area contributed by atoms with Gasteiger partial charge in [0.15, 0.2) is 0 Å². The van der Waals surface area contributed by atoms with E-state index in [4.69, 9.17) is 10.3 Å². The molecule has 1 saturated heterocycles. The highest BCUT2D eigenvalue weighted by molar-refractivity contribution is 7.13. The van der Waals surface area contributed by atoms with Crippen LogP contribution < -0.4 is 5.73 Å². The van der Waals surface area contributed by atoms with E-state index in [1.165, 1.54) is 0 Å². The molecule has 2 N–H and O–H groups in total. The maximum atomic E-state index is 12.4. The number of rotatable bonds is 8. The Balaban J connectivity index is 1.37. The van der Waals surface area contributed by atoms with Crippen molar-refractivity contribution in [3.05, 3.63) is 23.4 Å². The lowest BCUT2D eigenvalue weighted by atomic mass is 10.0. The molecule has 1 fully saturated rings. The molecule has 0 radical (unpaired) electrons. The first-order valence-electron chi connectivity index (χ1n) is 9.66. The van der Waals surface area contributed by atoms with Crippen molar-refractivity contribution in [1.82, 2.24) is 19.9 Å². The fourth-order valence-electron chi connectivity index (χ4n) is 3.35. The second-order valence-corrected chi connectivity index (χ2v) is 8.44. The Hall–Kier alpha value is -1.77. The first-order chi connectivity index (χ1) is 13.0. The minimum Gasteiger partial charge on any atom is -0.339 e. The molecule has 3 heterocycles. The predicted octanol–water partition coefficient (Wildman–Crippen LogP) is 2.25. The zero-order valence-corrected chi connectivity index (χ0v) is 17.0. The summed E-state index contributed by atoms with van der Waals surface area (Å²) in [6.07, 6.45) is 2.49. The number of carbonyl (C=O) groups is 1. The van der Waals surface area contributed by atoms with Gasteiger partial charge in [0.1, 0.15) is 0 Å². The molecule has 1 amide bonds. The van der Waals surface area contributed by atoms with Crippen molar-refractivity contribution < 1.29 is 9.32 Å². The van der Waals surface area contributed by atoms with E-state index >= 15 is 0 Å². The number of hydrogen-bond donors (Lipinski definition) is 1. The van der Waals surface area contributed by atoms with Crippen LogP contribution in [0.1, 0.15) is 32.6 Å². The van der Waals surface area contributed by atoms with Gasteiger partial charge in [0, 0.05) is 32.6 Å². The molecule has 0 bridgehead atoms. The molecule has 2 aromatic rings.